The second-order valence-corrected chi connectivity index (χ2v) is 8.63. The Morgan fingerprint density at radius 2 is 1.94 bits per heavy atom. The summed E-state index contributed by atoms with van der Waals surface area (Å²) in [6.07, 6.45) is 1.40. The molecule has 3 rings (SSSR count). The molecule has 0 amide bonds. The number of esters is 1. The minimum Gasteiger partial charge on any atom is -0.441 e. The molecule has 0 aliphatic rings. The molecule has 0 spiro atoms. The lowest BCUT2D eigenvalue weighted by molar-refractivity contribution is -0.131. The first-order chi connectivity index (χ1) is 14.7. The highest BCUT2D eigenvalue weighted by Crippen LogP contribution is 2.34. The summed E-state index contributed by atoms with van der Waals surface area (Å²) in [5.41, 5.74) is 4.48. The van der Waals surface area contributed by atoms with E-state index in [-0.39, 0.29) is 11.9 Å². The van der Waals surface area contributed by atoms with Crippen molar-refractivity contribution in [1.82, 2.24) is 4.98 Å². The van der Waals surface area contributed by atoms with Crippen molar-refractivity contribution < 1.29 is 13.9 Å². The van der Waals surface area contributed by atoms with Gasteiger partial charge in [-0.2, -0.15) is 0 Å². The van der Waals surface area contributed by atoms with Gasteiger partial charge in [0.25, 0.3) is 0 Å². The van der Waals surface area contributed by atoms with Gasteiger partial charge >= 0.3 is 5.97 Å². The number of halogens is 2. The SMILES string of the molecule is C=C(CCc1nc(-c2ccc(Cl)cc2Cl)oc1C(C)C)c1ccc(OC(C)=O)c(C)c1. The third-order valence-corrected chi connectivity index (χ3v) is 5.46. The first kappa shape index (κ1) is 23.1. The number of carbonyl (C=O) groups excluding carboxylic acids is 1. The lowest BCUT2D eigenvalue weighted by Crippen LogP contribution is -2.03. The van der Waals surface area contributed by atoms with Gasteiger partial charge in [0.15, 0.2) is 0 Å². The number of allylic oxidation sites excluding steroid dienone is 1. The van der Waals surface area contributed by atoms with E-state index in [2.05, 4.69) is 20.4 Å². The maximum Gasteiger partial charge on any atom is 0.308 e. The number of aromatic nitrogens is 1. The van der Waals surface area contributed by atoms with Crippen molar-refractivity contribution in [1.29, 1.82) is 0 Å². The van der Waals surface area contributed by atoms with E-state index in [4.69, 9.17) is 37.3 Å². The number of carbonyl (C=O) groups is 1. The molecule has 0 radical (unpaired) electrons. The number of aryl methyl sites for hydroxylation is 2. The zero-order valence-corrected chi connectivity index (χ0v) is 19.6. The van der Waals surface area contributed by atoms with Gasteiger partial charge in [0.05, 0.1) is 16.3 Å². The average Bonchev–Trinajstić information content (AvgIpc) is 3.11. The van der Waals surface area contributed by atoms with Crippen LogP contribution in [0.1, 0.15) is 55.7 Å². The molecule has 0 saturated heterocycles. The van der Waals surface area contributed by atoms with Gasteiger partial charge in [-0.3, -0.25) is 4.79 Å². The van der Waals surface area contributed by atoms with E-state index in [1.54, 1.807) is 18.2 Å². The first-order valence-electron chi connectivity index (χ1n) is 10.1. The molecule has 0 aliphatic carbocycles. The minimum absolute atomic E-state index is 0.181. The van der Waals surface area contributed by atoms with Crippen LogP contribution in [-0.4, -0.2) is 11.0 Å². The molecule has 0 bridgehead atoms. The van der Waals surface area contributed by atoms with Crippen LogP contribution in [0.25, 0.3) is 17.0 Å². The lowest BCUT2D eigenvalue weighted by Gasteiger charge is -2.10. The Hall–Kier alpha value is -2.56. The van der Waals surface area contributed by atoms with Crippen molar-refractivity contribution in [2.45, 2.75) is 46.5 Å². The molecule has 6 heteroatoms. The van der Waals surface area contributed by atoms with Gasteiger partial charge in [-0.05, 0) is 66.8 Å². The molecule has 0 aliphatic heterocycles. The number of nitrogens with zero attached hydrogens (tertiary/aromatic N) is 1. The van der Waals surface area contributed by atoms with Crippen LogP contribution in [0.2, 0.25) is 10.0 Å². The first-order valence-corrected chi connectivity index (χ1v) is 10.8. The van der Waals surface area contributed by atoms with Crippen LogP contribution in [0.4, 0.5) is 0 Å². The number of rotatable bonds is 7. The van der Waals surface area contributed by atoms with Crippen molar-refractivity contribution in [3.8, 4) is 17.2 Å². The molecule has 1 aromatic heterocycles. The van der Waals surface area contributed by atoms with Crippen molar-refractivity contribution in [2.75, 3.05) is 0 Å². The summed E-state index contributed by atoms with van der Waals surface area (Å²) in [4.78, 5) is 15.9. The Bertz CT molecular complexity index is 1130. The second kappa shape index (κ2) is 9.71. The maximum absolute atomic E-state index is 11.2. The highest BCUT2D eigenvalue weighted by molar-refractivity contribution is 6.36. The largest absolute Gasteiger partial charge is 0.441 e. The zero-order chi connectivity index (χ0) is 22.7. The number of oxazole rings is 1. The summed E-state index contributed by atoms with van der Waals surface area (Å²) in [5, 5.41) is 1.07. The van der Waals surface area contributed by atoms with Crippen molar-refractivity contribution in [2.24, 2.45) is 0 Å². The fourth-order valence-electron chi connectivity index (χ4n) is 3.32. The number of hydrogen-bond donors (Lipinski definition) is 0. The topological polar surface area (TPSA) is 52.3 Å². The molecule has 162 valence electrons. The lowest BCUT2D eigenvalue weighted by atomic mass is 9.98. The van der Waals surface area contributed by atoms with Gasteiger partial charge in [-0.15, -0.1) is 0 Å². The van der Waals surface area contributed by atoms with Crippen LogP contribution in [0.5, 0.6) is 5.75 Å². The van der Waals surface area contributed by atoms with E-state index in [9.17, 15) is 4.79 Å². The monoisotopic (exact) mass is 457 g/mol. The fourth-order valence-corrected chi connectivity index (χ4v) is 3.81. The van der Waals surface area contributed by atoms with E-state index in [0.717, 1.165) is 33.7 Å². The van der Waals surface area contributed by atoms with Gasteiger partial charge < -0.3 is 9.15 Å². The maximum atomic E-state index is 11.2. The predicted molar refractivity (Wildman–Crippen MR) is 126 cm³/mol. The van der Waals surface area contributed by atoms with Crippen LogP contribution >= 0.6 is 23.2 Å². The van der Waals surface area contributed by atoms with Crippen LogP contribution in [0.3, 0.4) is 0 Å². The molecule has 2 aromatic carbocycles. The van der Waals surface area contributed by atoms with Crippen molar-refractivity contribution in [3.63, 3.8) is 0 Å². The Morgan fingerprint density at radius 1 is 1.19 bits per heavy atom. The number of hydrogen-bond acceptors (Lipinski definition) is 4. The van der Waals surface area contributed by atoms with E-state index < -0.39 is 0 Å². The number of benzene rings is 2. The van der Waals surface area contributed by atoms with Gasteiger partial charge in [-0.25, -0.2) is 4.98 Å². The third-order valence-electron chi connectivity index (χ3n) is 4.91. The van der Waals surface area contributed by atoms with Crippen LogP contribution in [-0.2, 0) is 11.2 Å². The van der Waals surface area contributed by atoms with E-state index in [1.807, 2.05) is 25.1 Å². The third kappa shape index (κ3) is 5.57. The summed E-state index contributed by atoms with van der Waals surface area (Å²) in [7, 11) is 0. The summed E-state index contributed by atoms with van der Waals surface area (Å²) in [6, 6.07) is 11.0. The quantitative estimate of drug-likeness (QED) is 0.270. The van der Waals surface area contributed by atoms with Crippen molar-refractivity contribution >= 4 is 34.7 Å². The summed E-state index contributed by atoms with van der Waals surface area (Å²) < 4.78 is 11.3. The predicted octanol–water partition coefficient (Wildman–Crippen LogP) is 7.65. The molecule has 0 fully saturated rings. The standard InChI is InChI=1S/C25H25Cl2NO3/c1-14(2)24-22(28-25(31-24)20-9-8-19(26)13-21(20)27)10-6-15(3)18-7-11-23(16(4)12-18)30-17(5)29/h7-9,11-14H,3,6,10H2,1-2,4-5H3. The van der Waals surface area contributed by atoms with Gasteiger partial charge in [0, 0.05) is 17.9 Å². The molecule has 0 unspecified atom stereocenters. The Balaban J connectivity index is 1.79. The molecule has 0 atom stereocenters. The van der Waals surface area contributed by atoms with Gasteiger partial charge in [0.2, 0.25) is 5.89 Å². The van der Waals surface area contributed by atoms with Gasteiger partial charge in [0.1, 0.15) is 11.5 Å². The van der Waals surface area contributed by atoms with E-state index in [1.165, 1.54) is 6.92 Å². The normalized spacial score (nSPS) is 11.1. The van der Waals surface area contributed by atoms with E-state index >= 15 is 0 Å². The molecule has 0 N–H and O–H groups in total. The summed E-state index contributed by atoms with van der Waals surface area (Å²) in [5.74, 6) is 1.74. The fraction of sp³-hybridized carbons (Fsp3) is 0.280. The Kier molecular flexibility index (Phi) is 7.24. The smallest absolute Gasteiger partial charge is 0.308 e. The van der Waals surface area contributed by atoms with Crippen molar-refractivity contribution in [3.05, 3.63) is 75.6 Å². The van der Waals surface area contributed by atoms with Gasteiger partial charge in [-0.1, -0.05) is 49.7 Å². The molecule has 0 saturated carbocycles. The molecular weight excluding hydrogens is 433 g/mol. The summed E-state index contributed by atoms with van der Waals surface area (Å²) in [6.45, 7) is 11.7. The van der Waals surface area contributed by atoms with Crippen LogP contribution in [0.15, 0.2) is 47.4 Å². The molecule has 4 nitrogen and oxygen atoms in total. The summed E-state index contributed by atoms with van der Waals surface area (Å²) >= 11 is 12.4. The molecule has 31 heavy (non-hydrogen) atoms. The average molecular weight is 458 g/mol. The number of ether oxygens (including phenoxy) is 1. The van der Waals surface area contributed by atoms with E-state index in [0.29, 0.717) is 34.5 Å². The molecule has 1 heterocycles. The second-order valence-electron chi connectivity index (χ2n) is 7.79. The Labute approximate surface area is 192 Å². The zero-order valence-electron chi connectivity index (χ0n) is 18.1. The van der Waals surface area contributed by atoms with Crippen LogP contribution < -0.4 is 4.74 Å². The minimum atomic E-state index is -0.335. The highest BCUT2D eigenvalue weighted by Gasteiger charge is 2.19. The van der Waals surface area contributed by atoms with Crippen LogP contribution in [0, 0.1) is 6.92 Å². The highest BCUT2D eigenvalue weighted by atomic mass is 35.5. The Morgan fingerprint density at radius 3 is 2.55 bits per heavy atom. The molecule has 3 aromatic rings. The molecular formula is C25H25Cl2NO3.